The van der Waals surface area contributed by atoms with Gasteiger partial charge in [0.05, 0.1) is 31.7 Å². The van der Waals surface area contributed by atoms with Crippen molar-refractivity contribution in [3.05, 3.63) is 0 Å². The Morgan fingerprint density at radius 2 is 2.00 bits per heavy atom. The number of ether oxygens (including phenoxy) is 1. The molecule has 1 saturated heterocycles. The van der Waals surface area contributed by atoms with Gasteiger partial charge in [-0.15, -0.1) is 0 Å². The first-order chi connectivity index (χ1) is 8.91. The van der Waals surface area contributed by atoms with E-state index < -0.39 is 29.9 Å². The second-order valence-corrected chi connectivity index (χ2v) is 4.40. The molecular weight excluding hydrogens is 256 g/mol. The molecule has 0 aliphatic carbocycles. The minimum Gasteiger partial charge on any atom is -0.481 e. The molecule has 1 amide bonds. The minimum absolute atomic E-state index is 0.0331. The van der Waals surface area contributed by atoms with Gasteiger partial charge >= 0.3 is 11.9 Å². The van der Waals surface area contributed by atoms with Crippen LogP contribution in [0.3, 0.4) is 0 Å². The zero-order valence-electron chi connectivity index (χ0n) is 10.4. The van der Waals surface area contributed by atoms with E-state index in [1.807, 2.05) is 0 Å². The van der Waals surface area contributed by atoms with Gasteiger partial charge in [-0.05, 0) is 6.42 Å². The van der Waals surface area contributed by atoms with Gasteiger partial charge in [0.25, 0.3) is 0 Å². The first-order valence-corrected chi connectivity index (χ1v) is 5.99. The lowest BCUT2D eigenvalue weighted by Crippen LogP contribution is -2.54. The number of aliphatic carboxylic acids is 2. The fraction of sp³-hybridized carbons (Fsp3) is 0.727. The SMILES string of the molecule is NC(CCC(=O)O)C(=O)N1CCOCC1CC(=O)O. The molecule has 1 fully saturated rings. The third-order valence-electron chi connectivity index (χ3n) is 2.91. The summed E-state index contributed by atoms with van der Waals surface area (Å²) in [6.45, 7) is 0.759. The zero-order chi connectivity index (χ0) is 14.4. The molecule has 1 aliphatic heterocycles. The van der Waals surface area contributed by atoms with E-state index in [4.69, 9.17) is 20.7 Å². The minimum atomic E-state index is -1.02. The van der Waals surface area contributed by atoms with Crippen molar-refractivity contribution >= 4 is 17.8 Å². The van der Waals surface area contributed by atoms with E-state index in [0.29, 0.717) is 6.61 Å². The summed E-state index contributed by atoms with van der Waals surface area (Å²) < 4.78 is 5.15. The van der Waals surface area contributed by atoms with E-state index >= 15 is 0 Å². The van der Waals surface area contributed by atoms with Crippen LogP contribution in [-0.2, 0) is 19.1 Å². The number of nitrogens with two attached hydrogens (primary N) is 1. The van der Waals surface area contributed by atoms with Crippen molar-refractivity contribution in [2.24, 2.45) is 5.73 Å². The molecule has 1 aliphatic rings. The second kappa shape index (κ2) is 7.05. The predicted molar refractivity (Wildman–Crippen MR) is 63.4 cm³/mol. The van der Waals surface area contributed by atoms with Crippen LogP contribution in [-0.4, -0.2) is 64.8 Å². The third-order valence-corrected chi connectivity index (χ3v) is 2.91. The van der Waals surface area contributed by atoms with Gasteiger partial charge < -0.3 is 25.6 Å². The summed E-state index contributed by atoms with van der Waals surface area (Å²) in [6.07, 6.45) is -0.371. The van der Waals surface area contributed by atoms with Crippen LogP contribution in [0, 0.1) is 0 Å². The highest BCUT2D eigenvalue weighted by Crippen LogP contribution is 2.13. The van der Waals surface area contributed by atoms with Crippen molar-refractivity contribution in [2.45, 2.75) is 31.3 Å². The molecule has 4 N–H and O–H groups in total. The number of nitrogens with zero attached hydrogens (tertiary/aromatic N) is 1. The molecule has 0 radical (unpaired) electrons. The molecule has 108 valence electrons. The quantitative estimate of drug-likeness (QED) is 0.559. The Bertz CT molecular complexity index is 359. The lowest BCUT2D eigenvalue weighted by Gasteiger charge is -2.36. The fourth-order valence-electron chi connectivity index (χ4n) is 1.93. The number of carboxylic acid groups (broad SMARTS) is 2. The standard InChI is InChI=1S/C11H18N2O6/c12-8(1-2-9(14)15)11(18)13-3-4-19-6-7(13)5-10(16)17/h7-8H,1-6,12H2,(H,14,15)(H,16,17). The number of hydrogen-bond acceptors (Lipinski definition) is 5. The highest BCUT2D eigenvalue weighted by Gasteiger charge is 2.31. The average Bonchev–Trinajstić information content (AvgIpc) is 2.35. The number of carbonyl (C=O) groups is 3. The summed E-state index contributed by atoms with van der Waals surface area (Å²) >= 11 is 0. The van der Waals surface area contributed by atoms with Gasteiger partial charge in [-0.1, -0.05) is 0 Å². The first kappa shape index (κ1) is 15.4. The van der Waals surface area contributed by atoms with Gasteiger partial charge in [0.15, 0.2) is 0 Å². The van der Waals surface area contributed by atoms with E-state index in [1.165, 1.54) is 4.90 Å². The summed E-state index contributed by atoms with van der Waals surface area (Å²) in [5, 5.41) is 17.3. The highest BCUT2D eigenvalue weighted by molar-refractivity contribution is 5.83. The maximum absolute atomic E-state index is 12.1. The number of morpholine rings is 1. The van der Waals surface area contributed by atoms with Crippen LogP contribution in [0.25, 0.3) is 0 Å². The van der Waals surface area contributed by atoms with Crippen molar-refractivity contribution < 1.29 is 29.3 Å². The Labute approximate surface area is 110 Å². The number of carboxylic acids is 2. The number of rotatable bonds is 6. The van der Waals surface area contributed by atoms with E-state index in [0.717, 1.165) is 0 Å². The van der Waals surface area contributed by atoms with Crippen LogP contribution < -0.4 is 5.73 Å². The van der Waals surface area contributed by atoms with Crippen LogP contribution in [0.15, 0.2) is 0 Å². The monoisotopic (exact) mass is 274 g/mol. The summed E-state index contributed by atoms with van der Waals surface area (Å²) in [5.41, 5.74) is 5.65. The Kier molecular flexibility index (Phi) is 5.71. The van der Waals surface area contributed by atoms with E-state index in [1.54, 1.807) is 0 Å². The molecule has 0 aromatic carbocycles. The maximum atomic E-state index is 12.1. The van der Waals surface area contributed by atoms with Gasteiger partial charge in [0, 0.05) is 13.0 Å². The van der Waals surface area contributed by atoms with Crippen molar-refractivity contribution in [3.63, 3.8) is 0 Å². The van der Waals surface area contributed by atoms with Gasteiger partial charge in [0.1, 0.15) is 0 Å². The molecule has 2 atom stereocenters. The lowest BCUT2D eigenvalue weighted by atomic mass is 10.1. The summed E-state index contributed by atoms with van der Waals surface area (Å²) in [6, 6.07) is -1.47. The summed E-state index contributed by atoms with van der Waals surface area (Å²) in [5.74, 6) is -2.46. The fourth-order valence-corrected chi connectivity index (χ4v) is 1.93. The van der Waals surface area contributed by atoms with Gasteiger partial charge in [0.2, 0.25) is 5.91 Å². The Morgan fingerprint density at radius 3 is 2.58 bits per heavy atom. The molecule has 0 aromatic rings. The van der Waals surface area contributed by atoms with Crippen LogP contribution in [0.5, 0.6) is 0 Å². The van der Waals surface area contributed by atoms with Gasteiger partial charge in [-0.3, -0.25) is 14.4 Å². The number of carbonyl (C=O) groups excluding carboxylic acids is 1. The largest absolute Gasteiger partial charge is 0.481 e. The number of hydrogen-bond donors (Lipinski definition) is 3. The topological polar surface area (TPSA) is 130 Å². The molecule has 19 heavy (non-hydrogen) atoms. The normalized spacial score (nSPS) is 20.9. The summed E-state index contributed by atoms with van der Waals surface area (Å²) in [7, 11) is 0. The van der Waals surface area contributed by atoms with Crippen LogP contribution in [0.4, 0.5) is 0 Å². The molecule has 1 heterocycles. The van der Waals surface area contributed by atoms with Crippen molar-refractivity contribution in [1.29, 1.82) is 0 Å². The maximum Gasteiger partial charge on any atom is 0.305 e. The Hall–Kier alpha value is -1.67. The molecule has 0 bridgehead atoms. The molecule has 0 aromatic heterocycles. The zero-order valence-corrected chi connectivity index (χ0v) is 10.4. The lowest BCUT2D eigenvalue weighted by molar-refractivity contribution is -0.147. The van der Waals surface area contributed by atoms with Crippen LogP contribution in [0.1, 0.15) is 19.3 Å². The first-order valence-electron chi connectivity index (χ1n) is 5.99. The van der Waals surface area contributed by atoms with Crippen molar-refractivity contribution in [2.75, 3.05) is 19.8 Å². The van der Waals surface area contributed by atoms with Crippen LogP contribution >= 0.6 is 0 Å². The molecule has 2 unspecified atom stereocenters. The average molecular weight is 274 g/mol. The van der Waals surface area contributed by atoms with E-state index in [9.17, 15) is 14.4 Å². The molecule has 0 spiro atoms. The van der Waals surface area contributed by atoms with E-state index in [-0.39, 0.29) is 32.4 Å². The predicted octanol–water partition coefficient (Wildman–Crippen LogP) is -1.12. The van der Waals surface area contributed by atoms with E-state index in [2.05, 4.69) is 0 Å². The van der Waals surface area contributed by atoms with Crippen LogP contribution in [0.2, 0.25) is 0 Å². The second-order valence-electron chi connectivity index (χ2n) is 4.40. The van der Waals surface area contributed by atoms with Gasteiger partial charge in [-0.2, -0.15) is 0 Å². The summed E-state index contributed by atoms with van der Waals surface area (Å²) in [4.78, 5) is 34.6. The Morgan fingerprint density at radius 1 is 1.32 bits per heavy atom. The smallest absolute Gasteiger partial charge is 0.305 e. The molecule has 8 nitrogen and oxygen atoms in total. The van der Waals surface area contributed by atoms with Crippen molar-refractivity contribution in [1.82, 2.24) is 4.90 Å². The molecule has 8 heteroatoms. The van der Waals surface area contributed by atoms with Gasteiger partial charge in [-0.25, -0.2) is 0 Å². The Balaban J connectivity index is 2.60. The molecule has 0 saturated carbocycles. The highest BCUT2D eigenvalue weighted by atomic mass is 16.5. The van der Waals surface area contributed by atoms with Crippen molar-refractivity contribution in [3.8, 4) is 0 Å². The third kappa shape index (κ3) is 4.84. The number of amides is 1. The molecular formula is C11H18N2O6. The molecule has 1 rings (SSSR count).